The van der Waals surface area contributed by atoms with Crippen LogP contribution in [-0.4, -0.2) is 31.3 Å². The molecule has 0 aliphatic heterocycles. The molecule has 1 amide bonds. The van der Waals surface area contributed by atoms with Crippen molar-refractivity contribution in [3.63, 3.8) is 0 Å². The average Bonchev–Trinajstić information content (AvgIpc) is 2.59. The van der Waals surface area contributed by atoms with Crippen LogP contribution in [-0.2, 0) is 4.74 Å². The lowest BCUT2D eigenvalue weighted by Crippen LogP contribution is -2.34. The van der Waals surface area contributed by atoms with Gasteiger partial charge in [0.2, 0.25) is 0 Å². The number of methoxy groups -OCH3 is 1. The van der Waals surface area contributed by atoms with Crippen molar-refractivity contribution in [3.8, 4) is 5.75 Å². The summed E-state index contributed by atoms with van der Waals surface area (Å²) in [6, 6.07) is 10.0. The zero-order valence-electron chi connectivity index (χ0n) is 13.6. The van der Waals surface area contributed by atoms with Crippen molar-refractivity contribution >= 4 is 68.1 Å². The largest absolute Gasteiger partial charge is 0.490 e. The first-order valence-electron chi connectivity index (χ1n) is 7.39. The molecule has 0 saturated heterocycles. The summed E-state index contributed by atoms with van der Waals surface area (Å²) in [6.45, 7) is 0.726. The van der Waals surface area contributed by atoms with Crippen molar-refractivity contribution in [2.75, 3.05) is 25.6 Å². The van der Waals surface area contributed by atoms with Gasteiger partial charge in [0.05, 0.1) is 22.9 Å². The van der Waals surface area contributed by atoms with Crippen LogP contribution in [0.4, 0.5) is 5.69 Å². The van der Waals surface area contributed by atoms with Crippen molar-refractivity contribution in [2.45, 2.75) is 0 Å². The van der Waals surface area contributed by atoms with Crippen LogP contribution in [0.25, 0.3) is 0 Å². The van der Waals surface area contributed by atoms with Gasteiger partial charge >= 0.3 is 0 Å². The van der Waals surface area contributed by atoms with Gasteiger partial charge in [-0.2, -0.15) is 0 Å². The third-order valence-electron chi connectivity index (χ3n) is 3.13. The summed E-state index contributed by atoms with van der Waals surface area (Å²) in [7, 11) is 1.57. The molecule has 0 saturated carbocycles. The zero-order valence-corrected chi connectivity index (χ0v) is 17.6. The maximum absolute atomic E-state index is 12.6. The lowest BCUT2D eigenvalue weighted by Gasteiger charge is -2.14. The van der Waals surface area contributed by atoms with Gasteiger partial charge in [-0.1, -0.05) is 39.1 Å². The van der Waals surface area contributed by atoms with Crippen molar-refractivity contribution in [2.24, 2.45) is 0 Å². The first-order chi connectivity index (χ1) is 12.4. The molecule has 0 heterocycles. The van der Waals surface area contributed by atoms with Crippen LogP contribution in [0.2, 0.25) is 10.0 Å². The van der Waals surface area contributed by atoms with Gasteiger partial charge in [0.15, 0.2) is 5.11 Å². The van der Waals surface area contributed by atoms with Crippen LogP contribution >= 0.6 is 51.3 Å². The van der Waals surface area contributed by atoms with Crippen LogP contribution in [0.5, 0.6) is 5.75 Å². The number of rotatable bonds is 6. The number of nitrogens with one attached hydrogen (secondary N) is 2. The quantitative estimate of drug-likeness (QED) is 0.457. The highest BCUT2D eigenvalue weighted by molar-refractivity contribution is 9.10. The molecule has 0 unspecified atom stereocenters. The highest BCUT2D eigenvalue weighted by Crippen LogP contribution is 2.26. The van der Waals surface area contributed by atoms with Gasteiger partial charge < -0.3 is 14.8 Å². The fourth-order valence-electron chi connectivity index (χ4n) is 1.96. The minimum Gasteiger partial charge on any atom is -0.490 e. The minimum atomic E-state index is -0.422. The Morgan fingerprint density at radius 3 is 2.69 bits per heavy atom. The Labute approximate surface area is 175 Å². The molecule has 0 radical (unpaired) electrons. The van der Waals surface area contributed by atoms with E-state index < -0.39 is 5.91 Å². The van der Waals surface area contributed by atoms with Crippen LogP contribution in [0.3, 0.4) is 0 Å². The Morgan fingerprint density at radius 1 is 1.19 bits per heavy atom. The number of thiocarbonyl (C=S) groups is 1. The molecular formula is C17H15BrCl2N2O3S. The summed E-state index contributed by atoms with van der Waals surface area (Å²) in [6.07, 6.45) is 0. The smallest absolute Gasteiger partial charge is 0.261 e. The highest BCUT2D eigenvalue weighted by Gasteiger charge is 2.15. The van der Waals surface area contributed by atoms with E-state index in [-0.39, 0.29) is 5.11 Å². The van der Waals surface area contributed by atoms with Crippen molar-refractivity contribution < 1.29 is 14.3 Å². The molecule has 5 nitrogen and oxygen atoms in total. The molecule has 0 bridgehead atoms. The normalized spacial score (nSPS) is 10.3. The second-order valence-corrected chi connectivity index (χ2v) is 7.18. The molecule has 0 atom stereocenters. The van der Waals surface area contributed by atoms with Crippen LogP contribution in [0.1, 0.15) is 10.4 Å². The van der Waals surface area contributed by atoms with Gasteiger partial charge in [0, 0.05) is 16.6 Å². The molecule has 2 rings (SSSR count). The fourth-order valence-corrected chi connectivity index (χ4v) is 2.86. The molecule has 2 aromatic rings. The van der Waals surface area contributed by atoms with E-state index >= 15 is 0 Å². The fraction of sp³-hybridized carbons (Fsp3) is 0.176. The number of carbonyl (C=O) groups is 1. The van der Waals surface area contributed by atoms with E-state index in [1.54, 1.807) is 43.5 Å². The van der Waals surface area contributed by atoms with E-state index in [1.165, 1.54) is 0 Å². The topological polar surface area (TPSA) is 59.6 Å². The van der Waals surface area contributed by atoms with Gasteiger partial charge in [-0.3, -0.25) is 10.1 Å². The molecule has 138 valence electrons. The number of halogens is 3. The average molecular weight is 478 g/mol. The molecule has 0 aromatic heterocycles. The van der Waals surface area contributed by atoms with E-state index in [2.05, 4.69) is 26.6 Å². The highest BCUT2D eigenvalue weighted by atomic mass is 79.9. The van der Waals surface area contributed by atoms with Crippen LogP contribution in [0, 0.1) is 0 Å². The first kappa shape index (κ1) is 20.9. The second-order valence-electron chi connectivity index (χ2n) is 5.01. The molecular weight excluding hydrogens is 463 g/mol. The lowest BCUT2D eigenvalue weighted by atomic mass is 10.2. The molecule has 2 N–H and O–H groups in total. The summed E-state index contributed by atoms with van der Waals surface area (Å²) in [5.41, 5.74) is 0.826. The third-order valence-corrected chi connectivity index (χ3v) is 4.40. The Balaban J connectivity index is 2.09. The lowest BCUT2D eigenvalue weighted by molar-refractivity contribution is 0.0969. The summed E-state index contributed by atoms with van der Waals surface area (Å²) >= 11 is 20.5. The van der Waals surface area contributed by atoms with Crippen LogP contribution < -0.4 is 15.4 Å². The Hall–Kier alpha value is -1.38. The van der Waals surface area contributed by atoms with Gasteiger partial charge in [-0.15, -0.1) is 0 Å². The molecule has 0 spiro atoms. The van der Waals surface area contributed by atoms with Crippen molar-refractivity contribution in [1.29, 1.82) is 0 Å². The first-order valence-corrected chi connectivity index (χ1v) is 9.35. The molecule has 9 heteroatoms. The SMILES string of the molecule is COCCOc1ccc(Br)cc1C(=O)NC(=S)Nc1cc(Cl)ccc1Cl. The van der Waals surface area contributed by atoms with E-state index in [4.69, 9.17) is 44.9 Å². The third kappa shape index (κ3) is 6.10. The number of benzene rings is 2. The number of ether oxygens (including phenoxy) is 2. The summed E-state index contributed by atoms with van der Waals surface area (Å²) in [5.74, 6) is 0.000653. The molecule has 0 aliphatic rings. The summed E-state index contributed by atoms with van der Waals surface area (Å²) in [5, 5.41) is 6.45. The molecule has 2 aromatic carbocycles. The van der Waals surface area contributed by atoms with E-state index in [0.717, 1.165) is 4.47 Å². The van der Waals surface area contributed by atoms with Gasteiger partial charge in [-0.05, 0) is 48.6 Å². The summed E-state index contributed by atoms with van der Waals surface area (Å²) < 4.78 is 11.3. The molecule has 26 heavy (non-hydrogen) atoms. The van der Waals surface area contributed by atoms with Gasteiger partial charge in [-0.25, -0.2) is 0 Å². The number of carbonyl (C=O) groups excluding carboxylic acids is 1. The van der Waals surface area contributed by atoms with Crippen molar-refractivity contribution in [1.82, 2.24) is 5.32 Å². The monoisotopic (exact) mass is 476 g/mol. The Bertz CT molecular complexity index is 821. The number of hydrogen-bond donors (Lipinski definition) is 2. The maximum Gasteiger partial charge on any atom is 0.261 e. The number of hydrogen-bond acceptors (Lipinski definition) is 4. The van der Waals surface area contributed by atoms with Gasteiger partial charge in [0.1, 0.15) is 12.4 Å². The predicted molar refractivity (Wildman–Crippen MR) is 112 cm³/mol. The standard InChI is InChI=1S/C17H15BrCl2N2O3S/c1-24-6-7-25-15-5-2-10(18)8-12(15)16(23)22-17(26)21-14-9-11(19)3-4-13(14)20/h2-5,8-9H,6-7H2,1H3,(H2,21,22,23,26). The Kier molecular flexibility index (Phi) is 8.12. The number of amides is 1. The van der Waals surface area contributed by atoms with Crippen LogP contribution in [0.15, 0.2) is 40.9 Å². The Morgan fingerprint density at radius 2 is 1.96 bits per heavy atom. The minimum absolute atomic E-state index is 0.0852. The van der Waals surface area contributed by atoms with Gasteiger partial charge in [0.25, 0.3) is 5.91 Å². The predicted octanol–water partition coefficient (Wildman–Crippen LogP) is 4.91. The molecule has 0 fully saturated rings. The zero-order chi connectivity index (χ0) is 19.1. The van der Waals surface area contributed by atoms with E-state index in [9.17, 15) is 4.79 Å². The number of anilines is 1. The maximum atomic E-state index is 12.6. The van der Waals surface area contributed by atoms with E-state index in [0.29, 0.717) is 40.3 Å². The second kappa shape index (κ2) is 10.1. The van der Waals surface area contributed by atoms with Crippen molar-refractivity contribution in [3.05, 3.63) is 56.5 Å². The van der Waals surface area contributed by atoms with E-state index in [1.807, 2.05) is 0 Å². The summed E-state index contributed by atoms with van der Waals surface area (Å²) in [4.78, 5) is 12.6. The molecule has 0 aliphatic carbocycles.